The maximum atomic E-state index is 4.73. The Morgan fingerprint density at radius 3 is 1.67 bits per heavy atom. The number of benzene rings is 6. The van der Waals surface area contributed by atoms with Crippen molar-refractivity contribution in [1.82, 2.24) is 19.1 Å². The number of thiophene rings is 1. The van der Waals surface area contributed by atoms with Crippen molar-refractivity contribution in [2.75, 3.05) is 0 Å². The maximum Gasteiger partial charge on any atom is 0.116 e. The van der Waals surface area contributed by atoms with Crippen LogP contribution in [0.4, 0.5) is 0 Å². The Balaban J connectivity index is 1.15. The topological polar surface area (TPSA) is 35.6 Å². The lowest BCUT2D eigenvalue weighted by atomic mass is 10.1. The van der Waals surface area contributed by atoms with Crippen LogP contribution in [-0.4, -0.2) is 19.1 Å². The highest BCUT2D eigenvalue weighted by atomic mass is 32.1. The van der Waals surface area contributed by atoms with Crippen molar-refractivity contribution in [2.24, 2.45) is 0 Å². The lowest BCUT2D eigenvalue weighted by Gasteiger charge is -2.11. The van der Waals surface area contributed by atoms with Gasteiger partial charge in [-0.1, -0.05) is 84.9 Å². The van der Waals surface area contributed by atoms with Crippen molar-refractivity contribution in [3.05, 3.63) is 146 Å². The highest BCUT2D eigenvalue weighted by molar-refractivity contribution is 7.26. The molecule has 0 bridgehead atoms. The molecule has 0 radical (unpaired) electrons. The first-order valence-corrected chi connectivity index (χ1v) is 15.9. The molecule has 45 heavy (non-hydrogen) atoms. The van der Waals surface area contributed by atoms with Crippen LogP contribution >= 0.6 is 11.3 Å². The third-order valence-electron chi connectivity index (χ3n) is 9.05. The number of para-hydroxylation sites is 3. The minimum absolute atomic E-state index is 0.978. The van der Waals surface area contributed by atoms with E-state index in [0.29, 0.717) is 0 Å². The first-order valence-electron chi connectivity index (χ1n) is 15.1. The van der Waals surface area contributed by atoms with E-state index in [-0.39, 0.29) is 0 Å². The van der Waals surface area contributed by atoms with Gasteiger partial charge in [0.2, 0.25) is 0 Å². The summed E-state index contributed by atoms with van der Waals surface area (Å²) < 4.78 is 7.12. The van der Waals surface area contributed by atoms with Crippen LogP contribution in [0.2, 0.25) is 0 Å². The average molecular weight is 593 g/mol. The molecule has 0 saturated heterocycles. The van der Waals surface area contributed by atoms with E-state index in [1.807, 2.05) is 0 Å². The molecule has 4 heterocycles. The van der Waals surface area contributed by atoms with Gasteiger partial charge in [0.25, 0.3) is 0 Å². The number of rotatable bonds is 3. The molecule has 0 aliphatic carbocycles. The number of hydrogen-bond donors (Lipinski definition) is 0. The molecule has 0 aliphatic rings. The van der Waals surface area contributed by atoms with Crippen LogP contribution in [0.15, 0.2) is 146 Å². The van der Waals surface area contributed by atoms with Crippen LogP contribution in [0.5, 0.6) is 0 Å². The van der Waals surface area contributed by atoms with Crippen LogP contribution in [-0.2, 0) is 0 Å². The molecule has 0 saturated carbocycles. The van der Waals surface area contributed by atoms with Crippen molar-refractivity contribution in [2.45, 2.75) is 0 Å². The van der Waals surface area contributed by atoms with Crippen LogP contribution in [0.3, 0.4) is 0 Å². The molecule has 0 spiro atoms. The van der Waals surface area contributed by atoms with Gasteiger partial charge in [0, 0.05) is 48.6 Å². The Bertz CT molecular complexity index is 2710. The van der Waals surface area contributed by atoms with Crippen LogP contribution < -0.4 is 0 Å². The summed E-state index contributed by atoms with van der Waals surface area (Å²) >= 11 is 1.76. The van der Waals surface area contributed by atoms with Gasteiger partial charge in [-0.05, 0) is 54.6 Å². The largest absolute Gasteiger partial charge is 0.309 e. The fourth-order valence-electron chi connectivity index (χ4n) is 7.08. The standard InChI is InChI=1S/C40H24N4S/c1-5-13-33-28(9-1)29-10-2-6-14-34(29)44(33)27-21-22-36-32(23-27)30-11-3-7-15-35(30)43(36)26-19-17-25(18-20-26)38-40-39(42-24-41-38)31-12-4-8-16-37(31)45-40/h1-24H. The monoisotopic (exact) mass is 592 g/mol. The molecule has 6 aromatic carbocycles. The molecule has 0 unspecified atom stereocenters. The second-order valence-electron chi connectivity index (χ2n) is 11.5. The first-order chi connectivity index (χ1) is 22.3. The third kappa shape index (κ3) is 3.53. The quantitative estimate of drug-likeness (QED) is 0.205. The number of aromatic nitrogens is 4. The molecular weight excluding hydrogens is 569 g/mol. The van der Waals surface area contributed by atoms with Gasteiger partial charge in [-0.2, -0.15) is 0 Å². The fourth-order valence-corrected chi connectivity index (χ4v) is 8.24. The maximum absolute atomic E-state index is 4.73. The van der Waals surface area contributed by atoms with Crippen LogP contribution in [0.25, 0.3) is 86.5 Å². The lowest BCUT2D eigenvalue weighted by molar-refractivity contribution is 1.16. The fraction of sp³-hybridized carbons (Fsp3) is 0. The van der Waals surface area contributed by atoms with E-state index in [2.05, 4.69) is 154 Å². The molecule has 0 fully saturated rings. The van der Waals surface area contributed by atoms with E-state index in [4.69, 9.17) is 4.98 Å². The van der Waals surface area contributed by atoms with E-state index in [0.717, 1.165) is 32.8 Å². The van der Waals surface area contributed by atoms with Gasteiger partial charge >= 0.3 is 0 Å². The second kappa shape index (κ2) is 9.36. The first kappa shape index (κ1) is 24.6. The zero-order chi connectivity index (χ0) is 29.5. The Labute approximate surface area is 262 Å². The van der Waals surface area contributed by atoms with Crippen molar-refractivity contribution < 1.29 is 0 Å². The highest BCUT2D eigenvalue weighted by Crippen LogP contribution is 2.39. The van der Waals surface area contributed by atoms with Gasteiger partial charge in [0.15, 0.2) is 0 Å². The normalized spacial score (nSPS) is 12.0. The Hall–Kier alpha value is -5.78. The minimum Gasteiger partial charge on any atom is -0.309 e. The summed E-state index contributed by atoms with van der Waals surface area (Å²) in [5, 5.41) is 6.20. The lowest BCUT2D eigenvalue weighted by Crippen LogP contribution is -1.96. The number of nitrogens with zero attached hydrogens (tertiary/aromatic N) is 4. The molecule has 10 aromatic rings. The molecular formula is C40H24N4S. The van der Waals surface area contributed by atoms with E-state index in [1.165, 1.54) is 53.7 Å². The number of fused-ring (bicyclic) bond motifs is 9. The second-order valence-corrected chi connectivity index (χ2v) is 12.5. The van der Waals surface area contributed by atoms with Crippen molar-refractivity contribution in [1.29, 1.82) is 0 Å². The van der Waals surface area contributed by atoms with Gasteiger partial charge in [-0.25, -0.2) is 9.97 Å². The van der Waals surface area contributed by atoms with E-state index in [1.54, 1.807) is 17.7 Å². The summed E-state index contributed by atoms with van der Waals surface area (Å²) in [6, 6.07) is 50.2. The summed E-state index contributed by atoms with van der Waals surface area (Å²) in [6.07, 6.45) is 1.69. The van der Waals surface area contributed by atoms with Crippen molar-refractivity contribution in [3.63, 3.8) is 0 Å². The SMILES string of the molecule is c1ccc2c(c1)sc1c(-c3ccc(-n4c5ccccc5c5cc(-n6c7ccccc7c7ccccc76)ccc54)cc3)ncnc12. The van der Waals surface area contributed by atoms with E-state index in [9.17, 15) is 0 Å². The molecule has 10 rings (SSSR count). The van der Waals surface area contributed by atoms with Crippen molar-refractivity contribution in [3.8, 4) is 22.6 Å². The van der Waals surface area contributed by atoms with Crippen molar-refractivity contribution >= 4 is 75.3 Å². The Morgan fingerprint density at radius 1 is 0.444 bits per heavy atom. The van der Waals surface area contributed by atoms with E-state index >= 15 is 0 Å². The smallest absolute Gasteiger partial charge is 0.116 e. The molecule has 0 N–H and O–H groups in total. The van der Waals surface area contributed by atoms with Crippen LogP contribution in [0, 0.1) is 0 Å². The zero-order valence-electron chi connectivity index (χ0n) is 24.1. The molecule has 5 heteroatoms. The zero-order valence-corrected chi connectivity index (χ0v) is 24.9. The van der Waals surface area contributed by atoms with Gasteiger partial charge < -0.3 is 9.13 Å². The predicted molar refractivity (Wildman–Crippen MR) is 189 cm³/mol. The number of hydrogen-bond acceptors (Lipinski definition) is 3. The Morgan fingerprint density at radius 2 is 0.978 bits per heavy atom. The Kier molecular flexibility index (Phi) is 5.12. The summed E-state index contributed by atoms with van der Waals surface area (Å²) in [5.41, 5.74) is 10.2. The van der Waals surface area contributed by atoms with Gasteiger partial charge in [0.1, 0.15) is 6.33 Å². The predicted octanol–water partition coefficient (Wildman–Crippen LogP) is 10.7. The van der Waals surface area contributed by atoms with Gasteiger partial charge in [0.05, 0.1) is 38.0 Å². The minimum atomic E-state index is 0.978. The summed E-state index contributed by atoms with van der Waals surface area (Å²) in [7, 11) is 0. The van der Waals surface area contributed by atoms with E-state index < -0.39 is 0 Å². The molecule has 0 amide bonds. The molecule has 0 atom stereocenters. The van der Waals surface area contributed by atoms with Crippen LogP contribution in [0.1, 0.15) is 0 Å². The molecule has 0 aliphatic heterocycles. The molecule has 4 aromatic heterocycles. The van der Waals surface area contributed by atoms with Gasteiger partial charge in [-0.3, -0.25) is 0 Å². The summed E-state index contributed by atoms with van der Waals surface area (Å²) in [5.74, 6) is 0. The average Bonchev–Trinajstić information content (AvgIpc) is 3.76. The summed E-state index contributed by atoms with van der Waals surface area (Å²) in [4.78, 5) is 9.37. The molecule has 210 valence electrons. The highest BCUT2D eigenvalue weighted by Gasteiger charge is 2.17. The summed E-state index contributed by atoms with van der Waals surface area (Å²) in [6.45, 7) is 0. The molecule has 4 nitrogen and oxygen atoms in total. The third-order valence-corrected chi connectivity index (χ3v) is 10.2. The van der Waals surface area contributed by atoms with Gasteiger partial charge in [-0.15, -0.1) is 11.3 Å².